The Morgan fingerprint density at radius 2 is 2.00 bits per heavy atom. The maximum atomic E-state index is 10.4. The van der Waals surface area contributed by atoms with Crippen LogP contribution < -0.4 is 0 Å². The van der Waals surface area contributed by atoms with E-state index in [1.165, 1.54) is 0 Å². The van der Waals surface area contributed by atoms with E-state index in [0.29, 0.717) is 0 Å². The van der Waals surface area contributed by atoms with Crippen LogP contribution in [0.5, 0.6) is 0 Å². The van der Waals surface area contributed by atoms with Gasteiger partial charge < -0.3 is 15.3 Å². The van der Waals surface area contributed by atoms with Crippen LogP contribution in [0.15, 0.2) is 12.2 Å². The first-order valence-corrected chi connectivity index (χ1v) is 2.74. The van der Waals surface area contributed by atoms with Crippen molar-refractivity contribution in [3.8, 4) is 0 Å². The molecule has 0 atom stereocenters. The van der Waals surface area contributed by atoms with Crippen molar-refractivity contribution in [3.63, 3.8) is 0 Å². The molecule has 0 rings (SSSR count). The number of carbonyl (C=O) groups is 2. The van der Waals surface area contributed by atoms with Crippen molar-refractivity contribution in [3.05, 3.63) is 12.2 Å². The summed E-state index contributed by atoms with van der Waals surface area (Å²) in [6.45, 7) is 1.90. The Kier molecular flexibility index (Phi) is 7.57. The van der Waals surface area contributed by atoms with E-state index >= 15 is 0 Å². The van der Waals surface area contributed by atoms with Crippen molar-refractivity contribution in [1.82, 2.24) is 0 Å². The van der Waals surface area contributed by atoms with Gasteiger partial charge in [0.2, 0.25) is 0 Å². The van der Waals surface area contributed by atoms with E-state index in [2.05, 4.69) is 4.74 Å². The van der Waals surface area contributed by atoms with Crippen LogP contribution in [0.25, 0.3) is 0 Å². The molecule has 0 heterocycles. The molecule has 0 aromatic rings. The predicted octanol–water partition coefficient (Wildman–Crippen LogP) is -0.634. The minimum atomic E-state index is -1.16. The summed E-state index contributed by atoms with van der Waals surface area (Å²) in [6, 6.07) is 0. The lowest BCUT2D eigenvalue weighted by Gasteiger charge is -1.92. The molecule has 0 bridgehead atoms. The highest BCUT2D eigenvalue weighted by Crippen LogP contribution is 1.80. The van der Waals surface area contributed by atoms with Gasteiger partial charge in [0.05, 0.1) is 6.61 Å². The molecule has 0 unspecified atom stereocenters. The summed E-state index contributed by atoms with van der Waals surface area (Å²) in [7, 11) is 0. The van der Waals surface area contributed by atoms with Crippen molar-refractivity contribution in [2.75, 3.05) is 6.61 Å². The first kappa shape index (κ1) is 12.3. The SMILES string of the molecule is CCOC(=O)/C=C\C(=O)O.O. The van der Waals surface area contributed by atoms with Crippen LogP contribution in [0.1, 0.15) is 6.92 Å². The van der Waals surface area contributed by atoms with Crippen LogP contribution in [0.3, 0.4) is 0 Å². The number of hydrogen-bond acceptors (Lipinski definition) is 3. The van der Waals surface area contributed by atoms with Gasteiger partial charge in [-0.25, -0.2) is 9.59 Å². The average Bonchev–Trinajstić information content (AvgIpc) is 1.85. The van der Waals surface area contributed by atoms with Crippen molar-refractivity contribution in [2.24, 2.45) is 0 Å². The summed E-state index contributed by atoms with van der Waals surface area (Å²) in [5.41, 5.74) is 0. The number of carboxylic acid groups (broad SMARTS) is 1. The molecule has 11 heavy (non-hydrogen) atoms. The first-order valence-electron chi connectivity index (χ1n) is 2.74. The zero-order chi connectivity index (χ0) is 7.98. The lowest BCUT2D eigenvalue weighted by molar-refractivity contribution is -0.138. The number of rotatable bonds is 3. The molecule has 0 saturated heterocycles. The molecule has 5 heteroatoms. The molecule has 3 N–H and O–H groups in total. The van der Waals surface area contributed by atoms with Crippen LogP contribution in [0.4, 0.5) is 0 Å². The van der Waals surface area contributed by atoms with Crippen molar-refractivity contribution in [2.45, 2.75) is 6.92 Å². The van der Waals surface area contributed by atoms with Gasteiger partial charge >= 0.3 is 11.9 Å². The molecule has 0 aromatic carbocycles. The topological polar surface area (TPSA) is 95.1 Å². The Labute approximate surface area is 63.6 Å². The Bertz CT molecular complexity index is 160. The lowest BCUT2D eigenvalue weighted by atomic mass is 10.5. The van der Waals surface area contributed by atoms with Gasteiger partial charge in [0, 0.05) is 12.2 Å². The molecule has 0 radical (unpaired) electrons. The quantitative estimate of drug-likeness (QED) is 0.441. The zero-order valence-corrected chi connectivity index (χ0v) is 6.03. The molecular weight excluding hydrogens is 152 g/mol. The van der Waals surface area contributed by atoms with Crippen molar-refractivity contribution < 1.29 is 24.9 Å². The maximum Gasteiger partial charge on any atom is 0.330 e. The Morgan fingerprint density at radius 1 is 1.45 bits per heavy atom. The first-order chi connectivity index (χ1) is 4.66. The smallest absolute Gasteiger partial charge is 0.330 e. The van der Waals surface area contributed by atoms with Crippen LogP contribution in [0, 0.1) is 0 Å². The molecule has 64 valence electrons. The standard InChI is InChI=1S/C6H8O4.H2O/c1-2-10-6(9)4-3-5(7)8;/h3-4H,2H2,1H3,(H,7,8);1H2/b4-3-;. The minimum Gasteiger partial charge on any atom is -0.478 e. The van der Waals surface area contributed by atoms with Gasteiger partial charge in [-0.1, -0.05) is 0 Å². The van der Waals surface area contributed by atoms with Gasteiger partial charge in [-0.3, -0.25) is 0 Å². The minimum absolute atomic E-state index is 0. The van der Waals surface area contributed by atoms with Gasteiger partial charge in [0.25, 0.3) is 0 Å². The van der Waals surface area contributed by atoms with Crippen LogP contribution in [-0.4, -0.2) is 29.1 Å². The van der Waals surface area contributed by atoms with Crippen LogP contribution >= 0.6 is 0 Å². The maximum absolute atomic E-state index is 10.4. The Hall–Kier alpha value is -1.36. The molecule has 5 nitrogen and oxygen atoms in total. The van der Waals surface area contributed by atoms with Gasteiger partial charge in [-0.05, 0) is 6.92 Å². The third-order valence-corrected chi connectivity index (χ3v) is 0.649. The molecule has 0 aromatic heterocycles. The monoisotopic (exact) mass is 162 g/mol. The van der Waals surface area contributed by atoms with Gasteiger partial charge in [0.1, 0.15) is 0 Å². The number of ether oxygens (including phenoxy) is 1. The molecule has 0 aliphatic heterocycles. The Balaban J connectivity index is 0. The van der Waals surface area contributed by atoms with E-state index in [-0.39, 0.29) is 12.1 Å². The summed E-state index contributed by atoms with van der Waals surface area (Å²) < 4.78 is 4.40. The second-order valence-corrected chi connectivity index (χ2v) is 1.42. The second kappa shape index (κ2) is 6.76. The van der Waals surface area contributed by atoms with Gasteiger partial charge in [-0.15, -0.1) is 0 Å². The number of aliphatic carboxylic acids is 1. The third-order valence-electron chi connectivity index (χ3n) is 0.649. The fraction of sp³-hybridized carbons (Fsp3) is 0.333. The predicted molar refractivity (Wildman–Crippen MR) is 37.0 cm³/mol. The van der Waals surface area contributed by atoms with E-state index < -0.39 is 11.9 Å². The normalized spacial score (nSPS) is 8.82. The van der Waals surface area contributed by atoms with Gasteiger partial charge in [0.15, 0.2) is 0 Å². The van der Waals surface area contributed by atoms with E-state index in [1.807, 2.05) is 0 Å². The Morgan fingerprint density at radius 3 is 2.36 bits per heavy atom. The van der Waals surface area contributed by atoms with E-state index in [1.54, 1.807) is 6.92 Å². The zero-order valence-electron chi connectivity index (χ0n) is 6.03. The fourth-order valence-corrected chi connectivity index (χ4v) is 0.330. The van der Waals surface area contributed by atoms with Crippen LogP contribution in [-0.2, 0) is 14.3 Å². The van der Waals surface area contributed by atoms with E-state index in [0.717, 1.165) is 12.2 Å². The third kappa shape index (κ3) is 8.64. The summed E-state index contributed by atoms with van der Waals surface area (Å²) in [6.07, 6.45) is 1.60. The lowest BCUT2D eigenvalue weighted by Crippen LogP contribution is -2.00. The molecule has 0 aliphatic rings. The number of carbonyl (C=O) groups excluding carboxylic acids is 1. The number of hydrogen-bond donors (Lipinski definition) is 1. The number of esters is 1. The van der Waals surface area contributed by atoms with Gasteiger partial charge in [-0.2, -0.15) is 0 Å². The van der Waals surface area contributed by atoms with Crippen molar-refractivity contribution in [1.29, 1.82) is 0 Å². The second-order valence-electron chi connectivity index (χ2n) is 1.42. The molecule has 0 saturated carbocycles. The average molecular weight is 162 g/mol. The highest BCUT2D eigenvalue weighted by atomic mass is 16.5. The molecule has 0 amide bonds. The van der Waals surface area contributed by atoms with Crippen molar-refractivity contribution >= 4 is 11.9 Å². The summed E-state index contributed by atoms with van der Waals surface area (Å²) in [5.74, 6) is -1.79. The largest absolute Gasteiger partial charge is 0.478 e. The highest BCUT2D eigenvalue weighted by molar-refractivity contribution is 5.90. The molecule has 0 fully saturated rings. The summed E-state index contributed by atoms with van der Waals surface area (Å²) >= 11 is 0. The molecular formula is C6H10O5. The highest BCUT2D eigenvalue weighted by Gasteiger charge is 1.94. The van der Waals surface area contributed by atoms with Crippen LogP contribution in [0.2, 0.25) is 0 Å². The molecule has 0 spiro atoms. The fourth-order valence-electron chi connectivity index (χ4n) is 0.330. The van der Waals surface area contributed by atoms with E-state index in [9.17, 15) is 9.59 Å². The number of carboxylic acids is 1. The summed E-state index contributed by atoms with van der Waals surface area (Å²) in [4.78, 5) is 20.2. The summed E-state index contributed by atoms with van der Waals surface area (Å²) in [5, 5.41) is 8.04. The van der Waals surface area contributed by atoms with E-state index in [4.69, 9.17) is 5.11 Å². The molecule has 0 aliphatic carbocycles.